The number of hydrogen-bond donors (Lipinski definition) is 2. The van der Waals surface area contributed by atoms with Crippen LogP contribution in [0.2, 0.25) is 0 Å². The first-order valence-electron chi connectivity index (χ1n) is 7.84. The first-order valence-corrected chi connectivity index (χ1v) is 7.84. The number of ether oxygens (including phenoxy) is 2. The zero-order chi connectivity index (χ0) is 16.2. The molecule has 2 aromatic rings. The van der Waals surface area contributed by atoms with Crippen LogP contribution in [0.5, 0.6) is 5.75 Å². The molecule has 1 saturated heterocycles. The molecule has 1 heterocycles. The molecule has 3 rings (SSSR count). The molecule has 122 valence electrons. The Morgan fingerprint density at radius 1 is 0.826 bits per heavy atom. The van der Waals surface area contributed by atoms with Crippen LogP contribution < -0.4 is 4.74 Å². The van der Waals surface area contributed by atoms with Crippen molar-refractivity contribution in [3.8, 4) is 5.75 Å². The van der Waals surface area contributed by atoms with E-state index in [9.17, 15) is 10.2 Å². The van der Waals surface area contributed by atoms with Crippen molar-refractivity contribution in [2.24, 2.45) is 11.8 Å². The third-order valence-electron chi connectivity index (χ3n) is 4.61. The Bertz CT molecular complexity index is 611. The van der Waals surface area contributed by atoms with E-state index in [0.29, 0.717) is 0 Å². The van der Waals surface area contributed by atoms with Crippen LogP contribution in [0.1, 0.15) is 23.3 Å². The van der Waals surface area contributed by atoms with Gasteiger partial charge in [-0.05, 0) is 23.3 Å². The lowest BCUT2D eigenvalue weighted by Crippen LogP contribution is -2.23. The Morgan fingerprint density at radius 3 is 1.83 bits per heavy atom. The lowest BCUT2D eigenvalue weighted by atomic mass is 9.84. The van der Waals surface area contributed by atoms with Gasteiger partial charge in [-0.3, -0.25) is 0 Å². The molecule has 0 radical (unpaired) electrons. The van der Waals surface area contributed by atoms with Crippen molar-refractivity contribution >= 4 is 0 Å². The topological polar surface area (TPSA) is 58.9 Å². The second-order valence-corrected chi connectivity index (χ2v) is 5.85. The van der Waals surface area contributed by atoms with E-state index in [4.69, 9.17) is 9.47 Å². The molecule has 2 N–H and O–H groups in total. The molecular weight excluding hydrogens is 292 g/mol. The molecule has 0 bridgehead atoms. The van der Waals surface area contributed by atoms with Crippen LogP contribution >= 0.6 is 0 Å². The summed E-state index contributed by atoms with van der Waals surface area (Å²) in [5.41, 5.74) is 2.02. The summed E-state index contributed by atoms with van der Waals surface area (Å²) in [6.45, 7) is -0.0390. The lowest BCUT2D eigenvalue weighted by molar-refractivity contribution is 0.0185. The first-order chi connectivity index (χ1) is 11.3. The molecular formula is C19H22O4. The number of hydrogen-bond acceptors (Lipinski definition) is 4. The number of methoxy groups -OCH3 is 1. The average molecular weight is 314 g/mol. The van der Waals surface area contributed by atoms with E-state index in [1.165, 1.54) is 0 Å². The molecule has 0 unspecified atom stereocenters. The number of rotatable bonds is 5. The lowest BCUT2D eigenvalue weighted by Gasteiger charge is -2.20. The van der Waals surface area contributed by atoms with Gasteiger partial charge in [-0.1, -0.05) is 42.5 Å². The van der Waals surface area contributed by atoms with Crippen molar-refractivity contribution in [1.29, 1.82) is 0 Å². The highest BCUT2D eigenvalue weighted by molar-refractivity contribution is 5.30. The molecule has 1 fully saturated rings. The number of aliphatic hydroxyl groups excluding tert-OH is 2. The van der Waals surface area contributed by atoms with Crippen molar-refractivity contribution in [2.75, 3.05) is 20.3 Å². The van der Waals surface area contributed by atoms with Crippen molar-refractivity contribution in [3.05, 3.63) is 65.7 Å². The minimum absolute atomic E-state index is 0.0164. The fourth-order valence-electron chi connectivity index (χ4n) is 3.36. The van der Waals surface area contributed by atoms with Crippen molar-refractivity contribution < 1.29 is 19.7 Å². The van der Waals surface area contributed by atoms with Crippen LogP contribution in [0.15, 0.2) is 54.6 Å². The second kappa shape index (κ2) is 7.13. The van der Waals surface area contributed by atoms with Crippen molar-refractivity contribution in [3.63, 3.8) is 0 Å². The highest BCUT2D eigenvalue weighted by Gasteiger charge is 2.44. The fourth-order valence-corrected chi connectivity index (χ4v) is 3.36. The van der Waals surface area contributed by atoms with Gasteiger partial charge in [0.25, 0.3) is 0 Å². The molecule has 1 aliphatic heterocycles. The van der Waals surface area contributed by atoms with E-state index in [1.807, 2.05) is 54.6 Å². The summed E-state index contributed by atoms with van der Waals surface area (Å²) < 4.78 is 11.4. The number of aliphatic hydroxyl groups is 2. The summed E-state index contributed by atoms with van der Waals surface area (Å²) in [4.78, 5) is 0. The highest BCUT2D eigenvalue weighted by Crippen LogP contribution is 2.49. The van der Waals surface area contributed by atoms with Crippen LogP contribution in [0.25, 0.3) is 0 Å². The third kappa shape index (κ3) is 3.11. The maximum absolute atomic E-state index is 9.85. The Kier molecular flexibility index (Phi) is 4.96. The van der Waals surface area contributed by atoms with Crippen LogP contribution in [-0.2, 0) is 4.74 Å². The van der Waals surface area contributed by atoms with Gasteiger partial charge in [-0.15, -0.1) is 0 Å². The van der Waals surface area contributed by atoms with Gasteiger partial charge in [0, 0.05) is 25.0 Å². The quantitative estimate of drug-likeness (QED) is 0.891. The molecule has 0 spiro atoms. The summed E-state index contributed by atoms with van der Waals surface area (Å²) in [7, 11) is 1.63. The molecule has 4 heteroatoms. The minimum atomic E-state index is -0.242. The largest absolute Gasteiger partial charge is 0.497 e. The monoisotopic (exact) mass is 314 g/mol. The van der Waals surface area contributed by atoms with E-state index in [0.717, 1.165) is 16.9 Å². The Labute approximate surface area is 136 Å². The van der Waals surface area contributed by atoms with Gasteiger partial charge in [0.1, 0.15) is 5.75 Å². The van der Waals surface area contributed by atoms with Gasteiger partial charge in [0.05, 0.1) is 19.3 Å². The van der Waals surface area contributed by atoms with Gasteiger partial charge in [-0.25, -0.2) is 0 Å². The van der Waals surface area contributed by atoms with Gasteiger partial charge in [0.2, 0.25) is 0 Å². The van der Waals surface area contributed by atoms with Gasteiger partial charge in [-0.2, -0.15) is 0 Å². The van der Waals surface area contributed by atoms with Crippen LogP contribution in [0, 0.1) is 11.8 Å². The standard InChI is InChI=1S/C19H22O4/c1-22-15-9-7-14(8-10-15)19-17(12-21)16(11-20)18(23-19)13-5-3-2-4-6-13/h2-10,16-21H,11-12H2,1H3/t16-,17+,18-,19+/m1/s1. The summed E-state index contributed by atoms with van der Waals surface area (Å²) in [6.07, 6.45) is -0.460. The van der Waals surface area contributed by atoms with Crippen molar-refractivity contribution in [2.45, 2.75) is 12.2 Å². The fraction of sp³-hybridized carbons (Fsp3) is 0.368. The molecule has 0 amide bonds. The van der Waals surface area contributed by atoms with Crippen LogP contribution in [-0.4, -0.2) is 30.5 Å². The zero-order valence-corrected chi connectivity index (χ0v) is 13.1. The zero-order valence-electron chi connectivity index (χ0n) is 13.1. The number of benzene rings is 2. The minimum Gasteiger partial charge on any atom is -0.497 e. The first kappa shape index (κ1) is 16.0. The molecule has 4 nitrogen and oxygen atoms in total. The van der Waals surface area contributed by atoms with Crippen molar-refractivity contribution in [1.82, 2.24) is 0 Å². The summed E-state index contributed by atoms with van der Waals surface area (Å²) in [5, 5.41) is 19.7. The summed E-state index contributed by atoms with van der Waals surface area (Å²) in [5.74, 6) is 0.513. The van der Waals surface area contributed by atoms with Gasteiger partial charge in [0.15, 0.2) is 0 Å². The molecule has 1 aliphatic rings. The normalized spacial score (nSPS) is 27.1. The van der Waals surface area contributed by atoms with E-state index in [1.54, 1.807) is 7.11 Å². The van der Waals surface area contributed by atoms with Gasteiger partial charge >= 0.3 is 0 Å². The molecule has 0 aromatic heterocycles. The SMILES string of the molecule is COc1ccc([C@@H]2O[C@H](c3ccccc3)[C@H](CO)[C@@H]2CO)cc1. The third-order valence-corrected chi connectivity index (χ3v) is 4.61. The smallest absolute Gasteiger partial charge is 0.118 e. The maximum Gasteiger partial charge on any atom is 0.118 e. The molecule has 2 aromatic carbocycles. The van der Waals surface area contributed by atoms with E-state index in [2.05, 4.69) is 0 Å². The van der Waals surface area contributed by atoms with E-state index in [-0.39, 0.29) is 37.3 Å². The maximum atomic E-state index is 9.85. The molecule has 23 heavy (non-hydrogen) atoms. The Morgan fingerprint density at radius 2 is 1.35 bits per heavy atom. The summed E-state index contributed by atoms with van der Waals surface area (Å²) in [6, 6.07) is 17.5. The molecule has 4 atom stereocenters. The van der Waals surface area contributed by atoms with E-state index >= 15 is 0 Å². The predicted molar refractivity (Wildman–Crippen MR) is 87.2 cm³/mol. The second-order valence-electron chi connectivity index (χ2n) is 5.85. The molecule has 0 saturated carbocycles. The van der Waals surface area contributed by atoms with Crippen LogP contribution in [0.3, 0.4) is 0 Å². The average Bonchev–Trinajstić information content (AvgIpc) is 3.01. The van der Waals surface area contributed by atoms with Crippen LogP contribution in [0.4, 0.5) is 0 Å². The predicted octanol–water partition coefficient (Wildman–Crippen LogP) is 2.72. The van der Waals surface area contributed by atoms with Gasteiger partial charge < -0.3 is 19.7 Å². The molecule has 0 aliphatic carbocycles. The highest BCUT2D eigenvalue weighted by atomic mass is 16.5. The Balaban J connectivity index is 1.91. The Hall–Kier alpha value is -1.88. The summed E-state index contributed by atoms with van der Waals surface area (Å²) >= 11 is 0. The van der Waals surface area contributed by atoms with E-state index < -0.39 is 0 Å².